The van der Waals surface area contributed by atoms with Crippen molar-refractivity contribution in [3.05, 3.63) is 88.7 Å². The molecule has 2 atom stereocenters. The van der Waals surface area contributed by atoms with Crippen LogP contribution >= 0.6 is 23.2 Å². The number of nitriles is 1. The highest BCUT2D eigenvalue weighted by Crippen LogP contribution is 2.43. The van der Waals surface area contributed by atoms with Gasteiger partial charge in [-0.05, 0) is 68.2 Å². The number of aryl methyl sites for hydroxylation is 1. The highest BCUT2D eigenvalue weighted by atomic mass is 35.5. The predicted octanol–water partition coefficient (Wildman–Crippen LogP) is 8.01. The molecule has 0 spiro atoms. The molecule has 1 aliphatic rings. The lowest BCUT2D eigenvalue weighted by molar-refractivity contribution is -0.130. The van der Waals surface area contributed by atoms with Gasteiger partial charge in [0.1, 0.15) is 16.7 Å². The Bertz CT molecular complexity index is 1980. The van der Waals surface area contributed by atoms with Gasteiger partial charge in [0.05, 0.1) is 29.4 Å². The number of halogens is 3. The maximum Gasteiger partial charge on any atom is 0.246 e. The standard InChI is InChI=1S/C33H27Cl2FN6O/c1-4-27(43)41-14-11-21(15-20(41)10-12-37)42-17-39-32-31(23-8-6-13-38-19(23)3)40-30-24(33(32)42)16-26(35)28(29(30)36)22-7-5-9-25(34)18(22)2/h4-9,13,16-17,20-21H,1,10-11,14-15H2,2-3H3/t20-,21+/m1/s1. The second-order valence-corrected chi connectivity index (χ2v) is 11.5. The number of hydrogen-bond acceptors (Lipinski definition) is 5. The third-order valence-corrected chi connectivity index (χ3v) is 9.06. The number of likely N-dealkylation sites (tertiary alicyclic amines) is 1. The van der Waals surface area contributed by atoms with Gasteiger partial charge in [-0.3, -0.25) is 9.78 Å². The zero-order valence-electron chi connectivity index (χ0n) is 23.6. The first-order valence-corrected chi connectivity index (χ1v) is 14.7. The summed E-state index contributed by atoms with van der Waals surface area (Å²) in [4.78, 5) is 28.4. The van der Waals surface area contributed by atoms with E-state index in [1.807, 2.05) is 30.5 Å². The number of benzene rings is 2. The summed E-state index contributed by atoms with van der Waals surface area (Å²) >= 11 is 13.3. The molecule has 0 unspecified atom stereocenters. The average Bonchev–Trinajstić information content (AvgIpc) is 3.45. The summed E-state index contributed by atoms with van der Waals surface area (Å²) in [5.74, 6) is -0.755. The summed E-state index contributed by atoms with van der Waals surface area (Å²) in [7, 11) is 0. The van der Waals surface area contributed by atoms with E-state index in [1.54, 1.807) is 41.7 Å². The van der Waals surface area contributed by atoms with Crippen molar-refractivity contribution in [1.29, 1.82) is 5.26 Å². The van der Waals surface area contributed by atoms with Crippen LogP contribution in [0.3, 0.4) is 0 Å². The Balaban J connectivity index is 1.63. The molecule has 2 aromatic carbocycles. The van der Waals surface area contributed by atoms with Gasteiger partial charge in [0.25, 0.3) is 0 Å². The number of hydrogen-bond donors (Lipinski definition) is 0. The van der Waals surface area contributed by atoms with Crippen LogP contribution in [-0.2, 0) is 4.79 Å². The van der Waals surface area contributed by atoms with E-state index >= 15 is 4.39 Å². The van der Waals surface area contributed by atoms with Gasteiger partial charge in [-0.15, -0.1) is 0 Å². The number of carbonyl (C=O) groups is 1. The Morgan fingerprint density at radius 3 is 2.70 bits per heavy atom. The van der Waals surface area contributed by atoms with Crippen LogP contribution in [0.15, 0.2) is 61.6 Å². The van der Waals surface area contributed by atoms with Gasteiger partial charge >= 0.3 is 0 Å². The van der Waals surface area contributed by atoms with Crippen LogP contribution in [0, 0.1) is 31.0 Å². The molecule has 0 saturated carbocycles. The van der Waals surface area contributed by atoms with Gasteiger partial charge in [-0.1, -0.05) is 41.9 Å². The number of nitrogens with zero attached hydrogens (tertiary/aromatic N) is 6. The van der Waals surface area contributed by atoms with Crippen molar-refractivity contribution in [3.8, 4) is 28.5 Å². The lowest BCUT2D eigenvalue weighted by Gasteiger charge is -2.38. The highest BCUT2D eigenvalue weighted by Gasteiger charge is 2.33. The second-order valence-electron chi connectivity index (χ2n) is 10.7. The molecule has 216 valence electrons. The molecule has 0 aliphatic carbocycles. The van der Waals surface area contributed by atoms with Crippen LogP contribution < -0.4 is 0 Å². The number of carbonyl (C=O) groups excluding carboxylic acids is 1. The lowest BCUT2D eigenvalue weighted by Crippen LogP contribution is -2.45. The fraction of sp³-hybridized carbons (Fsp3) is 0.242. The third kappa shape index (κ3) is 4.83. The Hall–Kier alpha value is -4.32. The lowest BCUT2D eigenvalue weighted by atomic mass is 9.94. The topological polar surface area (TPSA) is 87.7 Å². The van der Waals surface area contributed by atoms with E-state index in [4.69, 9.17) is 33.2 Å². The van der Waals surface area contributed by atoms with E-state index in [0.717, 1.165) is 11.3 Å². The van der Waals surface area contributed by atoms with Crippen LogP contribution in [0.2, 0.25) is 10.0 Å². The molecule has 1 saturated heterocycles. The van der Waals surface area contributed by atoms with Gasteiger partial charge < -0.3 is 9.47 Å². The number of rotatable bonds is 5. The molecule has 1 aliphatic heterocycles. The molecule has 0 N–H and O–H groups in total. The SMILES string of the molecule is C=CC(=O)N1CC[C@H](n2cnc3c(-c4cccnc4C)nc4c(F)c(-c5cccc(Cl)c5C)c(Cl)cc4c32)C[C@H]1CC#N. The number of aromatic nitrogens is 4. The largest absolute Gasteiger partial charge is 0.335 e. The number of pyridine rings is 2. The maximum atomic E-state index is 16.7. The quantitative estimate of drug-likeness (QED) is 0.188. The third-order valence-electron chi connectivity index (χ3n) is 8.35. The Morgan fingerprint density at radius 2 is 1.95 bits per heavy atom. The van der Waals surface area contributed by atoms with Gasteiger partial charge in [0, 0.05) is 52.1 Å². The molecule has 1 amide bonds. The van der Waals surface area contributed by atoms with Crippen molar-refractivity contribution in [2.45, 2.75) is 45.2 Å². The monoisotopic (exact) mass is 612 g/mol. The summed E-state index contributed by atoms with van der Waals surface area (Å²) in [6, 6.07) is 12.6. The van der Waals surface area contributed by atoms with Gasteiger partial charge in [0.2, 0.25) is 5.91 Å². The molecule has 43 heavy (non-hydrogen) atoms. The molecule has 10 heteroatoms. The second kappa shape index (κ2) is 11.4. The number of imidazole rings is 1. The summed E-state index contributed by atoms with van der Waals surface area (Å²) < 4.78 is 18.8. The highest BCUT2D eigenvalue weighted by molar-refractivity contribution is 6.35. The van der Waals surface area contributed by atoms with E-state index in [2.05, 4.69) is 17.6 Å². The van der Waals surface area contributed by atoms with Crippen molar-refractivity contribution in [3.63, 3.8) is 0 Å². The first-order valence-electron chi connectivity index (χ1n) is 13.9. The van der Waals surface area contributed by atoms with Crippen LogP contribution in [0.5, 0.6) is 0 Å². The maximum absolute atomic E-state index is 16.7. The summed E-state index contributed by atoms with van der Waals surface area (Å²) in [6.07, 6.45) is 6.05. The Kier molecular flexibility index (Phi) is 7.63. The molecule has 3 aromatic heterocycles. The Labute approximate surface area is 258 Å². The van der Waals surface area contributed by atoms with Crippen LogP contribution in [0.1, 0.15) is 36.6 Å². The van der Waals surface area contributed by atoms with Crippen molar-refractivity contribution < 1.29 is 9.18 Å². The first kappa shape index (κ1) is 28.8. The number of amides is 1. The summed E-state index contributed by atoms with van der Waals surface area (Å²) in [5.41, 5.74) is 4.93. The number of piperidine rings is 1. The van der Waals surface area contributed by atoms with Gasteiger partial charge in [-0.2, -0.15) is 5.26 Å². The normalized spacial score (nSPS) is 16.9. The van der Waals surface area contributed by atoms with E-state index in [-0.39, 0.29) is 40.5 Å². The summed E-state index contributed by atoms with van der Waals surface area (Å²) in [6.45, 7) is 7.77. The average molecular weight is 614 g/mol. The zero-order valence-corrected chi connectivity index (χ0v) is 25.1. The number of fused-ring (bicyclic) bond motifs is 3. The molecule has 1 fully saturated rings. The molecule has 4 heterocycles. The molecular weight excluding hydrogens is 586 g/mol. The summed E-state index contributed by atoms with van der Waals surface area (Å²) in [5, 5.41) is 10.8. The molecule has 5 aromatic rings. The van der Waals surface area contributed by atoms with Crippen molar-refractivity contribution in [2.24, 2.45) is 0 Å². The molecule has 0 radical (unpaired) electrons. The minimum absolute atomic E-state index is 0.109. The first-order chi connectivity index (χ1) is 20.7. The molecular formula is C33H27Cl2FN6O. The smallest absolute Gasteiger partial charge is 0.246 e. The Morgan fingerprint density at radius 1 is 1.16 bits per heavy atom. The molecule has 0 bridgehead atoms. The van der Waals surface area contributed by atoms with Crippen LogP contribution in [0.25, 0.3) is 44.3 Å². The van der Waals surface area contributed by atoms with E-state index in [0.29, 0.717) is 57.6 Å². The fourth-order valence-electron chi connectivity index (χ4n) is 6.18. The van der Waals surface area contributed by atoms with Crippen LogP contribution in [-0.4, -0.2) is 42.9 Å². The fourth-order valence-corrected chi connectivity index (χ4v) is 6.65. The van der Waals surface area contributed by atoms with E-state index in [1.165, 1.54) is 6.08 Å². The molecule has 6 rings (SSSR count). The van der Waals surface area contributed by atoms with Crippen molar-refractivity contribution in [1.82, 2.24) is 24.4 Å². The van der Waals surface area contributed by atoms with Crippen molar-refractivity contribution >= 4 is 51.0 Å². The predicted molar refractivity (Wildman–Crippen MR) is 167 cm³/mol. The van der Waals surface area contributed by atoms with Gasteiger partial charge in [0.15, 0.2) is 5.82 Å². The van der Waals surface area contributed by atoms with Gasteiger partial charge in [-0.25, -0.2) is 14.4 Å². The molecule has 7 nitrogen and oxygen atoms in total. The minimum atomic E-state index is -0.556. The van der Waals surface area contributed by atoms with E-state index < -0.39 is 5.82 Å². The minimum Gasteiger partial charge on any atom is -0.335 e. The van der Waals surface area contributed by atoms with Crippen molar-refractivity contribution in [2.75, 3.05) is 6.54 Å². The zero-order chi connectivity index (χ0) is 30.4. The van der Waals surface area contributed by atoms with Crippen LogP contribution in [0.4, 0.5) is 4.39 Å². The van der Waals surface area contributed by atoms with E-state index in [9.17, 15) is 10.1 Å².